The summed E-state index contributed by atoms with van der Waals surface area (Å²) in [5.41, 5.74) is 0.780. The van der Waals surface area contributed by atoms with Crippen LogP contribution in [0, 0.1) is 11.8 Å². The Kier molecular flexibility index (Phi) is 2.48. The number of carbonyl (C=O) groups is 1. The highest BCUT2D eigenvalue weighted by molar-refractivity contribution is 5.94. The van der Waals surface area contributed by atoms with Crippen molar-refractivity contribution < 1.29 is 9.18 Å². The molecule has 1 aromatic carbocycles. The summed E-state index contributed by atoms with van der Waals surface area (Å²) in [7, 11) is 0. The van der Waals surface area contributed by atoms with Gasteiger partial charge >= 0.3 is 0 Å². The minimum absolute atomic E-state index is 0.0429. The van der Waals surface area contributed by atoms with E-state index in [1.165, 1.54) is 0 Å². The Balaban J connectivity index is 1.90. The van der Waals surface area contributed by atoms with Gasteiger partial charge in [0.2, 0.25) is 5.91 Å². The number of amides is 1. The van der Waals surface area contributed by atoms with Crippen LogP contribution in [0.5, 0.6) is 0 Å². The molecule has 1 aliphatic carbocycles. The lowest BCUT2D eigenvalue weighted by Gasteiger charge is -2.03. The second-order valence-electron chi connectivity index (χ2n) is 3.61. The van der Waals surface area contributed by atoms with E-state index < -0.39 is 0 Å². The number of para-hydroxylation sites is 1. The van der Waals surface area contributed by atoms with E-state index in [1.54, 1.807) is 0 Å². The zero-order valence-electron chi connectivity index (χ0n) is 7.74. The first kappa shape index (κ1) is 9.19. The van der Waals surface area contributed by atoms with Crippen molar-refractivity contribution in [3.63, 3.8) is 0 Å². The van der Waals surface area contributed by atoms with Crippen molar-refractivity contribution in [3.05, 3.63) is 30.3 Å². The Labute approximate surface area is 82.1 Å². The van der Waals surface area contributed by atoms with Crippen molar-refractivity contribution in [2.24, 2.45) is 11.8 Å². The molecule has 3 heteroatoms. The second-order valence-corrected chi connectivity index (χ2v) is 3.61. The first-order valence-corrected chi connectivity index (χ1v) is 4.73. The summed E-state index contributed by atoms with van der Waals surface area (Å²) in [6, 6.07) is 9.25. The van der Waals surface area contributed by atoms with Crippen molar-refractivity contribution in [2.45, 2.75) is 6.42 Å². The van der Waals surface area contributed by atoms with E-state index in [1.807, 2.05) is 30.3 Å². The van der Waals surface area contributed by atoms with E-state index >= 15 is 0 Å². The van der Waals surface area contributed by atoms with Crippen LogP contribution in [0.15, 0.2) is 30.3 Å². The van der Waals surface area contributed by atoms with Gasteiger partial charge in [0.15, 0.2) is 0 Å². The molecule has 1 fully saturated rings. The van der Waals surface area contributed by atoms with Crippen LogP contribution >= 0.6 is 0 Å². The molecule has 1 aliphatic rings. The molecule has 0 heterocycles. The minimum atomic E-state index is -0.382. The van der Waals surface area contributed by atoms with E-state index in [2.05, 4.69) is 5.32 Å². The number of carbonyl (C=O) groups excluding carboxylic acids is 1. The summed E-state index contributed by atoms with van der Waals surface area (Å²) < 4.78 is 12.1. The topological polar surface area (TPSA) is 29.1 Å². The number of nitrogens with one attached hydrogen (secondary N) is 1. The van der Waals surface area contributed by atoms with Crippen molar-refractivity contribution in [3.8, 4) is 0 Å². The minimum Gasteiger partial charge on any atom is -0.326 e. The van der Waals surface area contributed by atoms with Crippen LogP contribution in [-0.2, 0) is 4.79 Å². The predicted octanol–water partition coefficient (Wildman–Crippen LogP) is 2.23. The molecule has 0 unspecified atom stereocenters. The molecule has 1 aromatic rings. The molecular formula is C11H12FNO. The molecule has 2 nitrogen and oxygen atoms in total. The molecule has 0 aliphatic heterocycles. The van der Waals surface area contributed by atoms with Crippen molar-refractivity contribution in [1.29, 1.82) is 0 Å². The molecule has 2 atom stereocenters. The SMILES string of the molecule is O=C(Nc1ccccc1)[C@@H]1C[C@H]1CF. The average Bonchev–Trinajstić information content (AvgIpc) is 2.98. The van der Waals surface area contributed by atoms with Gasteiger partial charge in [-0.2, -0.15) is 0 Å². The van der Waals surface area contributed by atoms with Gasteiger partial charge in [-0.1, -0.05) is 18.2 Å². The lowest BCUT2D eigenvalue weighted by molar-refractivity contribution is -0.117. The molecule has 0 aromatic heterocycles. The van der Waals surface area contributed by atoms with Gasteiger partial charge in [-0.3, -0.25) is 9.18 Å². The number of benzene rings is 1. The van der Waals surface area contributed by atoms with Crippen LogP contribution in [0.2, 0.25) is 0 Å². The van der Waals surface area contributed by atoms with E-state index in [0.29, 0.717) is 6.42 Å². The zero-order chi connectivity index (χ0) is 9.97. The number of hydrogen-bond donors (Lipinski definition) is 1. The maximum atomic E-state index is 12.1. The van der Waals surface area contributed by atoms with Gasteiger partial charge in [-0.15, -0.1) is 0 Å². The van der Waals surface area contributed by atoms with E-state index in [0.717, 1.165) is 5.69 Å². The van der Waals surface area contributed by atoms with E-state index in [9.17, 15) is 9.18 Å². The quantitative estimate of drug-likeness (QED) is 0.783. The maximum absolute atomic E-state index is 12.1. The van der Waals surface area contributed by atoms with Gasteiger partial charge in [-0.25, -0.2) is 0 Å². The molecule has 14 heavy (non-hydrogen) atoms. The molecule has 1 amide bonds. The molecule has 0 radical (unpaired) electrons. The maximum Gasteiger partial charge on any atom is 0.227 e. The van der Waals surface area contributed by atoms with Gasteiger partial charge in [-0.05, 0) is 24.5 Å². The molecular weight excluding hydrogens is 181 g/mol. The Morgan fingerprint density at radius 2 is 2.14 bits per heavy atom. The summed E-state index contributed by atoms with van der Waals surface area (Å²) in [6.07, 6.45) is 0.690. The number of halogens is 1. The summed E-state index contributed by atoms with van der Waals surface area (Å²) >= 11 is 0. The van der Waals surface area contributed by atoms with Crippen molar-refractivity contribution in [1.82, 2.24) is 0 Å². The normalized spacial score (nSPS) is 24.4. The highest BCUT2D eigenvalue weighted by Crippen LogP contribution is 2.39. The third-order valence-corrected chi connectivity index (χ3v) is 2.50. The Hall–Kier alpha value is -1.38. The third kappa shape index (κ3) is 1.92. The standard InChI is InChI=1S/C11H12FNO/c12-7-8-6-10(8)11(14)13-9-4-2-1-3-5-9/h1-5,8,10H,6-7H2,(H,13,14)/t8-,10+/m0/s1. The predicted molar refractivity (Wildman–Crippen MR) is 52.6 cm³/mol. The average molecular weight is 193 g/mol. The number of alkyl halides is 1. The lowest BCUT2D eigenvalue weighted by atomic mass is 10.3. The summed E-state index contributed by atoms with van der Waals surface area (Å²) in [6.45, 7) is -0.382. The smallest absolute Gasteiger partial charge is 0.227 e. The van der Waals surface area contributed by atoms with Gasteiger partial charge in [0.25, 0.3) is 0 Å². The van der Waals surface area contributed by atoms with E-state index in [-0.39, 0.29) is 24.4 Å². The number of rotatable bonds is 3. The molecule has 1 saturated carbocycles. The fourth-order valence-corrected chi connectivity index (χ4v) is 1.50. The summed E-state index contributed by atoms with van der Waals surface area (Å²) in [4.78, 5) is 11.5. The summed E-state index contributed by atoms with van der Waals surface area (Å²) in [5, 5.41) is 2.76. The van der Waals surface area contributed by atoms with Gasteiger partial charge < -0.3 is 5.32 Å². The molecule has 0 saturated heterocycles. The Morgan fingerprint density at radius 3 is 2.71 bits per heavy atom. The van der Waals surface area contributed by atoms with Gasteiger partial charge in [0.05, 0.1) is 6.67 Å². The lowest BCUT2D eigenvalue weighted by Crippen LogP contribution is -2.14. The van der Waals surface area contributed by atoms with Crippen molar-refractivity contribution in [2.75, 3.05) is 12.0 Å². The Morgan fingerprint density at radius 1 is 1.43 bits per heavy atom. The largest absolute Gasteiger partial charge is 0.326 e. The Bertz CT molecular complexity index is 325. The van der Waals surface area contributed by atoms with Crippen LogP contribution in [0.25, 0.3) is 0 Å². The molecule has 2 rings (SSSR count). The van der Waals surface area contributed by atoms with E-state index in [4.69, 9.17) is 0 Å². The van der Waals surface area contributed by atoms with Crippen molar-refractivity contribution >= 4 is 11.6 Å². The van der Waals surface area contributed by atoms with Crippen LogP contribution in [0.1, 0.15) is 6.42 Å². The summed E-state index contributed by atoms with van der Waals surface area (Å²) in [5.74, 6) is -0.210. The van der Waals surface area contributed by atoms with Crippen LogP contribution in [0.4, 0.5) is 10.1 Å². The highest BCUT2D eigenvalue weighted by Gasteiger charge is 2.42. The molecule has 0 spiro atoms. The first-order chi connectivity index (χ1) is 6.81. The molecule has 74 valence electrons. The van der Waals surface area contributed by atoms with Crippen LogP contribution < -0.4 is 5.32 Å². The fraction of sp³-hybridized carbons (Fsp3) is 0.364. The third-order valence-electron chi connectivity index (χ3n) is 2.50. The second kappa shape index (κ2) is 3.78. The van der Waals surface area contributed by atoms with Crippen LogP contribution in [0.3, 0.4) is 0 Å². The van der Waals surface area contributed by atoms with Gasteiger partial charge in [0, 0.05) is 11.6 Å². The number of anilines is 1. The number of hydrogen-bond acceptors (Lipinski definition) is 1. The molecule has 1 N–H and O–H groups in total. The monoisotopic (exact) mass is 193 g/mol. The molecule has 0 bridgehead atoms. The first-order valence-electron chi connectivity index (χ1n) is 4.73. The van der Waals surface area contributed by atoms with Crippen LogP contribution in [-0.4, -0.2) is 12.6 Å². The van der Waals surface area contributed by atoms with Gasteiger partial charge in [0.1, 0.15) is 0 Å². The highest BCUT2D eigenvalue weighted by atomic mass is 19.1. The fourth-order valence-electron chi connectivity index (χ4n) is 1.50. The zero-order valence-corrected chi connectivity index (χ0v) is 7.74.